The molecule has 0 aromatic heterocycles. The Morgan fingerprint density at radius 3 is 1.00 bits per heavy atom. The van der Waals surface area contributed by atoms with E-state index in [9.17, 15) is 0 Å². The van der Waals surface area contributed by atoms with E-state index in [1.54, 1.807) is 0 Å². The van der Waals surface area contributed by atoms with Crippen molar-refractivity contribution in [2.24, 2.45) is 0 Å². The third kappa shape index (κ3) is 21.9. The third-order valence-corrected chi connectivity index (χ3v) is 0. The van der Waals surface area contributed by atoms with Crippen molar-refractivity contribution in [3.8, 4) is 0 Å². The summed E-state index contributed by atoms with van der Waals surface area (Å²) in [5, 5.41) is 0. The van der Waals surface area contributed by atoms with Gasteiger partial charge in [-0.15, -0.1) is 0 Å². The van der Waals surface area contributed by atoms with Gasteiger partial charge < -0.3 is 0 Å². The van der Waals surface area contributed by atoms with Crippen LogP contribution < -0.4 is 0 Å². The predicted octanol–water partition coefficient (Wildman–Crippen LogP) is -1.19. The SMILES string of the molecule is B.[Cr].[Fe].[Mn].[Mo]. The molecule has 1 radical (unpaired) electrons. The van der Waals surface area contributed by atoms with Crippen LogP contribution in [0.25, 0.3) is 0 Å². The smallest absolute Gasteiger partial charge is 0 e. The van der Waals surface area contributed by atoms with Crippen LogP contribution in [0.3, 0.4) is 0 Å². The van der Waals surface area contributed by atoms with Gasteiger partial charge in [-0.3, -0.25) is 0 Å². The van der Waals surface area contributed by atoms with Crippen LogP contribution in [0.5, 0.6) is 0 Å². The first-order valence-corrected chi connectivity index (χ1v) is 0. The van der Waals surface area contributed by atoms with Crippen LogP contribution in [0.2, 0.25) is 0 Å². The summed E-state index contributed by atoms with van der Waals surface area (Å²) in [5.41, 5.74) is 0. The molecular weight excluding hydrogens is 270 g/mol. The molecule has 0 aliphatic heterocycles. The molecule has 0 N–H and O–H groups in total. The van der Waals surface area contributed by atoms with Gasteiger partial charge in [0.15, 0.2) is 0 Å². The van der Waals surface area contributed by atoms with Gasteiger partial charge in [-0.25, -0.2) is 0 Å². The van der Waals surface area contributed by atoms with Crippen LogP contribution in [0.1, 0.15) is 0 Å². The Kier molecular flexibility index (Phi) is 360. The molecule has 0 aliphatic rings. The predicted molar refractivity (Wildman–Crippen MR) is 9.94 cm³/mol. The standard InChI is InChI=1S/BH3.Cr.Fe.Mn.Mo/h1H3;;;;. The zero-order chi connectivity index (χ0) is 0. The summed E-state index contributed by atoms with van der Waals surface area (Å²) in [6, 6.07) is 0. The molecule has 0 spiro atoms. The Labute approximate surface area is 80.1 Å². The Balaban J connectivity index is 0. The summed E-state index contributed by atoms with van der Waals surface area (Å²) in [6.07, 6.45) is 0. The molecule has 33 valence electrons. The fraction of sp³-hybridized carbons (Fsp3) is 0. The van der Waals surface area contributed by atoms with Crippen LogP contribution in [0, 0.1) is 0 Å². The first-order chi connectivity index (χ1) is 0. The molecule has 5 heteroatoms. The van der Waals surface area contributed by atoms with Gasteiger partial charge in [0.1, 0.15) is 0 Å². The molecule has 0 atom stereocenters. The van der Waals surface area contributed by atoms with E-state index in [0.717, 1.165) is 0 Å². The fourth-order valence-corrected chi connectivity index (χ4v) is 0. The average Bonchev–Trinajstić information content (AvgIpc) is 0. The maximum atomic E-state index is 0. The van der Waals surface area contributed by atoms with Gasteiger partial charge in [0, 0.05) is 72.6 Å². The first kappa shape index (κ1) is 54.2. The summed E-state index contributed by atoms with van der Waals surface area (Å²) < 4.78 is 0. The molecule has 0 aliphatic carbocycles. The second kappa shape index (κ2) is 33.2. The van der Waals surface area contributed by atoms with Gasteiger partial charge in [0.2, 0.25) is 0 Å². The summed E-state index contributed by atoms with van der Waals surface area (Å²) in [4.78, 5) is 0. The molecule has 0 rings (SSSR count). The largest absolute Gasteiger partial charge is 0.0814 e. The summed E-state index contributed by atoms with van der Waals surface area (Å²) in [6.45, 7) is 0. The van der Waals surface area contributed by atoms with E-state index in [0.29, 0.717) is 0 Å². The Morgan fingerprint density at radius 2 is 1.00 bits per heavy atom. The van der Waals surface area contributed by atoms with Gasteiger partial charge >= 0.3 is 0 Å². The molecule has 0 saturated heterocycles. The molecule has 0 nitrogen and oxygen atoms in total. The van der Waals surface area contributed by atoms with Crippen molar-refractivity contribution in [2.75, 3.05) is 0 Å². The third-order valence-electron chi connectivity index (χ3n) is 0. The van der Waals surface area contributed by atoms with Gasteiger partial charge in [-0.05, 0) is 0 Å². The van der Waals surface area contributed by atoms with Crippen molar-refractivity contribution in [1.29, 1.82) is 0 Å². The van der Waals surface area contributed by atoms with Crippen molar-refractivity contribution in [2.45, 2.75) is 0 Å². The van der Waals surface area contributed by atoms with E-state index in [4.69, 9.17) is 0 Å². The molecule has 0 fully saturated rings. The van der Waals surface area contributed by atoms with Crippen LogP contribution in [0.15, 0.2) is 0 Å². The minimum atomic E-state index is 0. The first-order valence-electron chi connectivity index (χ1n) is 0. The second-order valence-corrected chi connectivity index (χ2v) is 0. The topological polar surface area (TPSA) is 0 Å². The van der Waals surface area contributed by atoms with E-state index >= 15 is 0 Å². The van der Waals surface area contributed by atoms with Crippen molar-refractivity contribution >= 4 is 8.41 Å². The quantitative estimate of drug-likeness (QED) is 0.486. The maximum Gasteiger partial charge on any atom is 0.0814 e. The van der Waals surface area contributed by atoms with Crippen LogP contribution in [-0.4, -0.2) is 8.41 Å². The van der Waals surface area contributed by atoms with E-state index in [-0.39, 0.29) is 81.0 Å². The minimum Gasteiger partial charge on any atom is 0 e. The molecule has 0 unspecified atom stereocenters. The molecule has 0 bridgehead atoms. The van der Waals surface area contributed by atoms with E-state index in [1.165, 1.54) is 0 Å². The zero-order valence-electron chi connectivity index (χ0n) is 1.55. The normalized spacial score (nSPS) is 0. The maximum absolute atomic E-state index is 0. The monoisotopic (exact) mass is 275 g/mol. The van der Waals surface area contributed by atoms with Gasteiger partial charge in [0.25, 0.3) is 0 Å². The molecular formula is H3BCrFeMnMo. The molecule has 5 heavy (non-hydrogen) atoms. The summed E-state index contributed by atoms with van der Waals surface area (Å²) in [5.74, 6) is 0. The second-order valence-electron chi connectivity index (χ2n) is 0. The van der Waals surface area contributed by atoms with E-state index in [2.05, 4.69) is 0 Å². The summed E-state index contributed by atoms with van der Waals surface area (Å²) >= 11 is 0. The molecule has 0 aromatic rings. The van der Waals surface area contributed by atoms with E-state index < -0.39 is 0 Å². The van der Waals surface area contributed by atoms with Gasteiger partial charge in [-0.2, -0.15) is 0 Å². The molecule has 0 aromatic carbocycles. The van der Waals surface area contributed by atoms with Crippen molar-refractivity contribution in [3.63, 3.8) is 0 Å². The average molecular weight is 273 g/mol. The minimum absolute atomic E-state index is 0. The van der Waals surface area contributed by atoms with Crippen LogP contribution >= 0.6 is 0 Å². The molecule has 0 heterocycles. The van der Waals surface area contributed by atoms with E-state index in [1.807, 2.05) is 0 Å². The molecule has 0 amide bonds. The van der Waals surface area contributed by atoms with Crippen molar-refractivity contribution in [3.05, 3.63) is 0 Å². The Morgan fingerprint density at radius 1 is 1.00 bits per heavy atom. The number of rotatable bonds is 0. The van der Waals surface area contributed by atoms with Crippen LogP contribution in [-0.2, 0) is 72.6 Å². The van der Waals surface area contributed by atoms with Crippen molar-refractivity contribution in [1.82, 2.24) is 0 Å². The van der Waals surface area contributed by atoms with Gasteiger partial charge in [0.05, 0.1) is 8.41 Å². The fourth-order valence-electron chi connectivity index (χ4n) is 0. The summed E-state index contributed by atoms with van der Waals surface area (Å²) in [7, 11) is 0. The Bertz CT molecular complexity index is 11.6. The van der Waals surface area contributed by atoms with Gasteiger partial charge in [-0.1, -0.05) is 0 Å². The zero-order valence-corrected chi connectivity index (χ0v) is 7.11. The number of hydrogen-bond donors (Lipinski definition) is 0. The Hall–Kier alpha value is 2.32. The molecule has 0 saturated carbocycles. The van der Waals surface area contributed by atoms with Crippen LogP contribution in [0.4, 0.5) is 0 Å². The van der Waals surface area contributed by atoms with Crippen molar-refractivity contribution < 1.29 is 72.6 Å². The number of hydrogen-bond acceptors (Lipinski definition) is 0.